The lowest BCUT2D eigenvalue weighted by Crippen LogP contribution is -2.47. The number of aryl methyl sites for hydroxylation is 1. The highest BCUT2D eigenvalue weighted by Crippen LogP contribution is 2.20. The van der Waals surface area contributed by atoms with Gasteiger partial charge in [-0.15, -0.1) is 0 Å². The van der Waals surface area contributed by atoms with Gasteiger partial charge in [-0.1, -0.05) is 6.07 Å². The van der Waals surface area contributed by atoms with Crippen LogP contribution in [0.15, 0.2) is 24.4 Å². The molecule has 27 heavy (non-hydrogen) atoms. The summed E-state index contributed by atoms with van der Waals surface area (Å²) in [4.78, 5) is 31.0. The Balaban J connectivity index is 1.52. The Morgan fingerprint density at radius 1 is 1.26 bits per heavy atom. The van der Waals surface area contributed by atoms with Crippen LogP contribution in [0.5, 0.6) is 0 Å². The number of pyridine rings is 1. The fourth-order valence-corrected chi connectivity index (χ4v) is 3.48. The van der Waals surface area contributed by atoms with Crippen molar-refractivity contribution in [1.29, 1.82) is 0 Å². The molecule has 2 aromatic heterocycles. The van der Waals surface area contributed by atoms with Crippen molar-refractivity contribution in [3.05, 3.63) is 47.0 Å². The predicted molar refractivity (Wildman–Crippen MR) is 103 cm³/mol. The van der Waals surface area contributed by atoms with E-state index in [4.69, 9.17) is 0 Å². The SMILES string of the molecule is Cc1nn(CCNC(=O)N2CCC[C@@H](C(=O)c3ccccn3)C2)c(C)c1C. The number of nitrogens with zero attached hydrogens (tertiary/aromatic N) is 4. The molecule has 1 aliphatic heterocycles. The number of nitrogens with one attached hydrogen (secondary N) is 1. The number of carbonyl (C=O) groups excluding carboxylic acids is 2. The molecule has 0 bridgehead atoms. The third-order valence-corrected chi connectivity index (χ3v) is 5.34. The smallest absolute Gasteiger partial charge is 0.317 e. The summed E-state index contributed by atoms with van der Waals surface area (Å²) >= 11 is 0. The Morgan fingerprint density at radius 2 is 2.07 bits per heavy atom. The fourth-order valence-electron chi connectivity index (χ4n) is 3.48. The third kappa shape index (κ3) is 4.35. The predicted octanol–water partition coefficient (Wildman–Crippen LogP) is 2.51. The number of amides is 2. The van der Waals surface area contributed by atoms with Crippen molar-refractivity contribution in [2.45, 2.75) is 40.2 Å². The molecule has 1 saturated heterocycles. The van der Waals surface area contributed by atoms with Gasteiger partial charge in [0.15, 0.2) is 5.78 Å². The van der Waals surface area contributed by atoms with Crippen LogP contribution < -0.4 is 5.32 Å². The first-order valence-corrected chi connectivity index (χ1v) is 9.46. The number of Topliss-reactive ketones (excluding diaryl/α,β-unsaturated/α-hetero) is 1. The molecule has 144 valence electrons. The van der Waals surface area contributed by atoms with Crippen LogP contribution in [-0.4, -0.2) is 51.1 Å². The summed E-state index contributed by atoms with van der Waals surface area (Å²) in [6.07, 6.45) is 3.25. The van der Waals surface area contributed by atoms with Crippen LogP contribution in [0, 0.1) is 26.7 Å². The second-order valence-electron chi connectivity index (χ2n) is 7.12. The van der Waals surface area contributed by atoms with Crippen LogP contribution >= 0.6 is 0 Å². The van der Waals surface area contributed by atoms with Crippen molar-refractivity contribution in [1.82, 2.24) is 25.0 Å². The molecule has 3 heterocycles. The van der Waals surface area contributed by atoms with Gasteiger partial charge in [-0.3, -0.25) is 14.5 Å². The molecule has 2 amide bonds. The van der Waals surface area contributed by atoms with E-state index in [9.17, 15) is 9.59 Å². The average Bonchev–Trinajstić information content (AvgIpc) is 2.95. The molecule has 1 fully saturated rings. The van der Waals surface area contributed by atoms with Crippen molar-refractivity contribution >= 4 is 11.8 Å². The molecule has 0 saturated carbocycles. The summed E-state index contributed by atoms with van der Waals surface area (Å²) in [6, 6.07) is 5.22. The molecule has 1 atom stereocenters. The van der Waals surface area contributed by atoms with Gasteiger partial charge in [0.25, 0.3) is 0 Å². The van der Waals surface area contributed by atoms with Gasteiger partial charge < -0.3 is 10.2 Å². The van der Waals surface area contributed by atoms with Crippen molar-refractivity contribution in [3.8, 4) is 0 Å². The third-order valence-electron chi connectivity index (χ3n) is 5.34. The Bertz CT molecular complexity index is 815. The zero-order valence-electron chi connectivity index (χ0n) is 16.2. The van der Waals surface area contributed by atoms with Crippen LogP contribution in [0.4, 0.5) is 4.79 Å². The molecule has 7 heteroatoms. The zero-order chi connectivity index (χ0) is 19.4. The number of piperidine rings is 1. The molecule has 1 aliphatic rings. The van der Waals surface area contributed by atoms with Crippen molar-refractivity contribution in [3.63, 3.8) is 0 Å². The Labute approximate surface area is 159 Å². The number of aromatic nitrogens is 3. The van der Waals surface area contributed by atoms with Gasteiger partial charge in [-0.05, 0) is 51.3 Å². The highest BCUT2D eigenvalue weighted by Gasteiger charge is 2.29. The van der Waals surface area contributed by atoms with E-state index >= 15 is 0 Å². The normalized spacial score (nSPS) is 17.0. The van der Waals surface area contributed by atoms with E-state index in [2.05, 4.69) is 22.3 Å². The van der Waals surface area contributed by atoms with E-state index in [1.165, 1.54) is 5.56 Å². The van der Waals surface area contributed by atoms with Crippen molar-refractivity contribution in [2.75, 3.05) is 19.6 Å². The standard InChI is InChI=1S/C20H27N5O2/c1-14-15(2)23-25(16(14)3)12-10-22-20(27)24-11-6-7-17(13-24)19(26)18-8-4-5-9-21-18/h4-5,8-9,17H,6-7,10-13H2,1-3H3,(H,22,27)/t17-/m1/s1. The molecule has 0 aliphatic carbocycles. The van der Waals surface area contributed by atoms with Crippen LogP contribution in [0.2, 0.25) is 0 Å². The summed E-state index contributed by atoms with van der Waals surface area (Å²) in [5.74, 6) is -0.163. The first-order valence-electron chi connectivity index (χ1n) is 9.46. The zero-order valence-corrected chi connectivity index (χ0v) is 16.2. The lowest BCUT2D eigenvalue weighted by molar-refractivity contribution is 0.0840. The van der Waals surface area contributed by atoms with Gasteiger partial charge in [0.05, 0.1) is 12.2 Å². The minimum atomic E-state index is -0.182. The Kier molecular flexibility index (Phi) is 5.88. The lowest BCUT2D eigenvalue weighted by Gasteiger charge is -2.32. The molecule has 1 N–H and O–H groups in total. The van der Waals surface area contributed by atoms with Crippen LogP contribution in [0.3, 0.4) is 0 Å². The summed E-state index contributed by atoms with van der Waals surface area (Å²) in [7, 11) is 0. The number of likely N-dealkylation sites (tertiary alicyclic amines) is 1. The topological polar surface area (TPSA) is 80.1 Å². The molecule has 0 unspecified atom stereocenters. The molecule has 7 nitrogen and oxygen atoms in total. The maximum absolute atomic E-state index is 12.6. The van der Waals surface area contributed by atoms with E-state index < -0.39 is 0 Å². The van der Waals surface area contributed by atoms with E-state index in [1.807, 2.05) is 24.6 Å². The highest BCUT2D eigenvalue weighted by molar-refractivity contribution is 5.96. The second-order valence-corrected chi connectivity index (χ2v) is 7.12. The van der Waals surface area contributed by atoms with E-state index in [1.54, 1.807) is 23.2 Å². The number of ketones is 1. The van der Waals surface area contributed by atoms with Crippen LogP contribution in [-0.2, 0) is 6.54 Å². The van der Waals surface area contributed by atoms with Crippen molar-refractivity contribution < 1.29 is 9.59 Å². The summed E-state index contributed by atoms with van der Waals surface area (Å²) in [5, 5.41) is 7.44. The number of rotatable bonds is 5. The largest absolute Gasteiger partial charge is 0.336 e. The molecule has 2 aromatic rings. The maximum Gasteiger partial charge on any atom is 0.317 e. The summed E-state index contributed by atoms with van der Waals surface area (Å²) < 4.78 is 1.93. The molecule has 0 spiro atoms. The highest BCUT2D eigenvalue weighted by atomic mass is 16.2. The van der Waals surface area contributed by atoms with Gasteiger partial charge in [-0.2, -0.15) is 5.10 Å². The number of carbonyl (C=O) groups is 2. The van der Waals surface area contributed by atoms with Gasteiger partial charge >= 0.3 is 6.03 Å². The fraction of sp³-hybridized carbons (Fsp3) is 0.500. The molecular formula is C20H27N5O2. The molecule has 0 aromatic carbocycles. The van der Waals surface area contributed by atoms with Crippen molar-refractivity contribution in [2.24, 2.45) is 5.92 Å². The monoisotopic (exact) mass is 369 g/mol. The summed E-state index contributed by atoms with van der Waals surface area (Å²) in [6.45, 7) is 8.35. The molecule has 3 rings (SSSR count). The second kappa shape index (κ2) is 8.33. The van der Waals surface area contributed by atoms with Gasteiger partial charge in [0, 0.05) is 37.4 Å². The van der Waals surface area contributed by atoms with Gasteiger partial charge in [-0.25, -0.2) is 4.79 Å². The summed E-state index contributed by atoms with van der Waals surface area (Å²) in [5.41, 5.74) is 3.81. The average molecular weight is 369 g/mol. The quantitative estimate of drug-likeness (QED) is 0.821. The van der Waals surface area contributed by atoms with Gasteiger partial charge in [0.1, 0.15) is 5.69 Å². The minimum absolute atomic E-state index is 0.0196. The molecular weight excluding hydrogens is 342 g/mol. The van der Waals surface area contributed by atoms with Crippen LogP contribution in [0.1, 0.15) is 40.3 Å². The first-order chi connectivity index (χ1) is 13.0. The lowest BCUT2D eigenvalue weighted by atomic mass is 9.92. The van der Waals surface area contributed by atoms with E-state index in [0.29, 0.717) is 31.9 Å². The minimum Gasteiger partial charge on any atom is -0.336 e. The number of urea groups is 1. The number of hydrogen-bond acceptors (Lipinski definition) is 4. The maximum atomic E-state index is 12.6. The van der Waals surface area contributed by atoms with Crippen LogP contribution in [0.25, 0.3) is 0 Å². The van der Waals surface area contributed by atoms with E-state index in [-0.39, 0.29) is 17.7 Å². The first kappa shape index (κ1) is 19.1. The Morgan fingerprint density at radius 3 is 2.74 bits per heavy atom. The Hall–Kier alpha value is -2.70. The van der Waals surface area contributed by atoms with Gasteiger partial charge in [0.2, 0.25) is 0 Å². The molecule has 0 radical (unpaired) electrons. The van der Waals surface area contributed by atoms with E-state index in [0.717, 1.165) is 24.2 Å². The number of hydrogen-bond donors (Lipinski definition) is 1.